The Morgan fingerprint density at radius 2 is 1.66 bits per heavy atom. The molecule has 1 atom stereocenters. The number of aryl methyl sites for hydroxylation is 2. The minimum Gasteiger partial charge on any atom is -0.508 e. The second-order valence-electron chi connectivity index (χ2n) is 10.0. The highest BCUT2D eigenvalue weighted by Gasteiger charge is 2.25. The number of hydrogen-bond donors (Lipinski definition) is 1. The topological polar surface area (TPSA) is 72.8 Å². The molecule has 0 heterocycles. The first kappa shape index (κ1) is 26.2. The van der Waals surface area contributed by atoms with Crippen LogP contribution in [0.5, 0.6) is 5.75 Å². The number of phenols is 1. The third-order valence-electron chi connectivity index (χ3n) is 5.45. The normalized spacial score (nSPS) is 13.8. The van der Waals surface area contributed by atoms with E-state index in [4.69, 9.17) is 9.26 Å². The Labute approximate surface area is 192 Å². The summed E-state index contributed by atoms with van der Waals surface area (Å²) in [5.41, 5.74) is 5.88. The lowest BCUT2D eigenvalue weighted by atomic mass is 9.92. The Morgan fingerprint density at radius 3 is 2.19 bits per heavy atom. The largest absolute Gasteiger partial charge is 0.508 e. The number of carbonyl (C=O) groups is 1. The second kappa shape index (κ2) is 10.2. The van der Waals surface area contributed by atoms with Crippen LogP contribution in [0.1, 0.15) is 73.9 Å². The summed E-state index contributed by atoms with van der Waals surface area (Å²) in [7, 11) is -2.97. The number of carbonyl (C=O) groups excluding carboxylic acids is 1. The van der Waals surface area contributed by atoms with Crippen LogP contribution < -0.4 is 0 Å². The van der Waals surface area contributed by atoms with Gasteiger partial charge in [0.05, 0.1) is 5.41 Å². The van der Waals surface area contributed by atoms with E-state index in [0.29, 0.717) is 5.75 Å². The maximum absolute atomic E-state index is 12.9. The predicted molar refractivity (Wildman–Crippen MR) is 130 cm³/mol. The molecular formula is C26H37O5P. The van der Waals surface area contributed by atoms with Gasteiger partial charge < -0.3 is 9.84 Å². The number of phenolic OH excluding ortho intramolecular Hbond substituents is 1. The third kappa shape index (κ3) is 7.21. The SMILES string of the molecule is Cc1cc(CP(C)(=O)OCOC(=O)C(C)(C)C)cc(C)c1Cc1ccc(O)c(C(C)C)c1. The molecule has 32 heavy (non-hydrogen) atoms. The average Bonchev–Trinajstić information content (AvgIpc) is 2.64. The van der Waals surface area contributed by atoms with Gasteiger partial charge in [0, 0.05) is 12.8 Å². The molecule has 0 fully saturated rings. The lowest BCUT2D eigenvalue weighted by Crippen LogP contribution is -2.23. The summed E-state index contributed by atoms with van der Waals surface area (Å²) < 4.78 is 23.4. The lowest BCUT2D eigenvalue weighted by Gasteiger charge is -2.19. The van der Waals surface area contributed by atoms with Crippen molar-refractivity contribution in [1.29, 1.82) is 0 Å². The maximum Gasteiger partial charge on any atom is 0.313 e. The second-order valence-corrected chi connectivity index (χ2v) is 12.6. The van der Waals surface area contributed by atoms with Crippen molar-refractivity contribution in [3.8, 4) is 5.75 Å². The highest BCUT2D eigenvalue weighted by Crippen LogP contribution is 2.46. The third-order valence-corrected chi connectivity index (χ3v) is 7.04. The fourth-order valence-electron chi connectivity index (χ4n) is 3.62. The molecule has 0 aromatic heterocycles. The summed E-state index contributed by atoms with van der Waals surface area (Å²) in [4.78, 5) is 11.9. The number of hydrogen-bond acceptors (Lipinski definition) is 5. The van der Waals surface area contributed by atoms with Crippen LogP contribution in [0, 0.1) is 19.3 Å². The van der Waals surface area contributed by atoms with Crippen LogP contribution in [0.3, 0.4) is 0 Å². The Bertz CT molecular complexity index is 994. The highest BCUT2D eigenvalue weighted by atomic mass is 31.2. The van der Waals surface area contributed by atoms with Crippen LogP contribution >= 0.6 is 7.37 Å². The summed E-state index contributed by atoms with van der Waals surface area (Å²) in [5, 5.41) is 10.1. The quantitative estimate of drug-likeness (QED) is 0.270. The van der Waals surface area contributed by atoms with Gasteiger partial charge >= 0.3 is 5.97 Å². The first-order valence-corrected chi connectivity index (χ1v) is 13.2. The van der Waals surface area contributed by atoms with E-state index in [1.165, 1.54) is 5.56 Å². The molecule has 0 aliphatic heterocycles. The van der Waals surface area contributed by atoms with Gasteiger partial charge in [0.25, 0.3) is 0 Å². The molecule has 0 aliphatic carbocycles. The average molecular weight is 461 g/mol. The van der Waals surface area contributed by atoms with Crippen molar-refractivity contribution < 1.29 is 23.7 Å². The van der Waals surface area contributed by atoms with E-state index in [0.717, 1.165) is 34.2 Å². The van der Waals surface area contributed by atoms with E-state index < -0.39 is 12.8 Å². The number of aromatic hydroxyl groups is 1. The molecule has 1 unspecified atom stereocenters. The van der Waals surface area contributed by atoms with Crippen LogP contribution in [-0.4, -0.2) is 24.5 Å². The molecule has 2 rings (SSSR count). The summed E-state index contributed by atoms with van der Waals surface area (Å²) >= 11 is 0. The molecule has 0 spiro atoms. The molecule has 0 saturated heterocycles. The maximum atomic E-state index is 12.9. The zero-order valence-corrected chi connectivity index (χ0v) is 21.5. The van der Waals surface area contributed by atoms with Gasteiger partial charge in [0.1, 0.15) is 5.75 Å². The minimum absolute atomic E-state index is 0.251. The molecule has 0 saturated carbocycles. The monoisotopic (exact) mass is 460 g/mol. The molecule has 5 nitrogen and oxygen atoms in total. The molecule has 0 radical (unpaired) electrons. The number of ether oxygens (including phenoxy) is 1. The van der Waals surface area contributed by atoms with Gasteiger partial charge in [0.2, 0.25) is 7.37 Å². The molecule has 6 heteroatoms. The van der Waals surface area contributed by atoms with Crippen LogP contribution in [0.25, 0.3) is 0 Å². The Kier molecular flexibility index (Phi) is 8.36. The summed E-state index contributed by atoms with van der Waals surface area (Å²) in [5.74, 6) is 0.198. The first-order chi connectivity index (χ1) is 14.7. The molecule has 0 amide bonds. The van der Waals surface area contributed by atoms with E-state index >= 15 is 0 Å². The van der Waals surface area contributed by atoms with Crippen LogP contribution in [0.2, 0.25) is 0 Å². The summed E-state index contributed by atoms with van der Waals surface area (Å²) in [6.45, 7) is 14.8. The lowest BCUT2D eigenvalue weighted by molar-refractivity contribution is -0.159. The van der Waals surface area contributed by atoms with Gasteiger partial charge in [-0.1, -0.05) is 38.1 Å². The molecule has 0 bridgehead atoms. The van der Waals surface area contributed by atoms with E-state index in [1.807, 2.05) is 18.2 Å². The van der Waals surface area contributed by atoms with Crippen molar-refractivity contribution >= 4 is 13.3 Å². The number of benzene rings is 2. The molecule has 2 aromatic carbocycles. The van der Waals surface area contributed by atoms with Crippen LogP contribution in [0.15, 0.2) is 30.3 Å². The van der Waals surface area contributed by atoms with Crippen molar-refractivity contribution in [1.82, 2.24) is 0 Å². The van der Waals surface area contributed by atoms with Crippen molar-refractivity contribution in [3.05, 3.63) is 63.7 Å². The Balaban J connectivity index is 2.11. The molecule has 1 N–H and O–H groups in total. The molecule has 2 aromatic rings. The zero-order valence-electron chi connectivity index (χ0n) is 20.6. The highest BCUT2D eigenvalue weighted by molar-refractivity contribution is 7.57. The van der Waals surface area contributed by atoms with Gasteiger partial charge in [-0.25, -0.2) is 0 Å². The van der Waals surface area contributed by atoms with Crippen LogP contribution in [0.4, 0.5) is 0 Å². The summed E-state index contributed by atoms with van der Waals surface area (Å²) in [6, 6.07) is 9.89. The molecule has 176 valence electrons. The minimum atomic E-state index is -2.97. The van der Waals surface area contributed by atoms with E-state index in [9.17, 15) is 14.5 Å². The fraction of sp³-hybridized carbons (Fsp3) is 0.500. The first-order valence-electron chi connectivity index (χ1n) is 11.0. The number of rotatable bonds is 8. The summed E-state index contributed by atoms with van der Waals surface area (Å²) in [6.07, 6.45) is 1.04. The van der Waals surface area contributed by atoms with Crippen molar-refractivity contribution in [3.63, 3.8) is 0 Å². The predicted octanol–water partition coefficient (Wildman–Crippen LogP) is 6.69. The van der Waals surface area contributed by atoms with Gasteiger partial charge in [-0.2, -0.15) is 0 Å². The van der Waals surface area contributed by atoms with Crippen molar-refractivity contribution in [2.24, 2.45) is 5.41 Å². The van der Waals surface area contributed by atoms with E-state index in [2.05, 4.69) is 33.8 Å². The Morgan fingerprint density at radius 1 is 1.06 bits per heavy atom. The molecule has 0 aliphatic rings. The molecular weight excluding hydrogens is 423 g/mol. The van der Waals surface area contributed by atoms with E-state index in [1.54, 1.807) is 33.5 Å². The zero-order chi connectivity index (χ0) is 24.3. The van der Waals surface area contributed by atoms with Crippen molar-refractivity contribution in [2.45, 2.75) is 67.0 Å². The van der Waals surface area contributed by atoms with Crippen molar-refractivity contribution in [2.75, 3.05) is 13.5 Å². The smallest absolute Gasteiger partial charge is 0.313 e. The number of esters is 1. The van der Waals surface area contributed by atoms with Crippen LogP contribution in [-0.2, 0) is 31.2 Å². The van der Waals surface area contributed by atoms with Gasteiger partial charge in [0.15, 0.2) is 6.79 Å². The van der Waals surface area contributed by atoms with E-state index in [-0.39, 0.29) is 24.8 Å². The van der Waals surface area contributed by atoms with Gasteiger partial charge in [-0.15, -0.1) is 0 Å². The fourth-order valence-corrected chi connectivity index (χ4v) is 4.83. The standard InChI is InChI=1S/C26H37O5P/c1-17(2)22-13-20(9-10-24(22)27)14-23-18(3)11-21(12-19(23)4)15-32(8,29)31-16-30-25(28)26(5,6)7/h9-13,17,27H,14-16H2,1-8H3. The Hall–Kier alpha value is -2.10. The van der Waals surface area contributed by atoms with Gasteiger partial charge in [-0.05, 0) is 86.4 Å². The van der Waals surface area contributed by atoms with Gasteiger partial charge in [-0.3, -0.25) is 13.9 Å².